The molecule has 0 fully saturated rings. The molecule has 4 rings (SSSR count). The van der Waals surface area contributed by atoms with Gasteiger partial charge >= 0.3 is 0 Å². The zero-order chi connectivity index (χ0) is 22.8. The smallest absolute Gasteiger partial charge is 0.196 e. The first-order chi connectivity index (χ1) is 15.4. The molecule has 0 aliphatic rings. The molecule has 0 saturated heterocycles. The van der Waals surface area contributed by atoms with E-state index >= 15 is 0 Å². The summed E-state index contributed by atoms with van der Waals surface area (Å²) in [5, 5.41) is 3.96. The highest BCUT2D eigenvalue weighted by molar-refractivity contribution is 6.31. The number of fused-ring (bicyclic) bond motifs is 1. The van der Waals surface area contributed by atoms with E-state index in [0.717, 1.165) is 16.7 Å². The van der Waals surface area contributed by atoms with Gasteiger partial charge in [-0.3, -0.25) is 9.59 Å². The van der Waals surface area contributed by atoms with Crippen molar-refractivity contribution in [2.75, 3.05) is 11.2 Å². The fourth-order valence-corrected chi connectivity index (χ4v) is 4.13. The largest absolute Gasteiger partial charge is 0.455 e. The van der Waals surface area contributed by atoms with Crippen LogP contribution in [0.1, 0.15) is 40.0 Å². The van der Waals surface area contributed by atoms with E-state index in [1.807, 2.05) is 74.5 Å². The molecule has 0 spiro atoms. The summed E-state index contributed by atoms with van der Waals surface area (Å²) >= 11 is 5.79. The van der Waals surface area contributed by atoms with Gasteiger partial charge in [-0.15, -0.1) is 11.6 Å². The van der Waals surface area contributed by atoms with Crippen LogP contribution in [0.15, 0.2) is 75.9 Å². The molecule has 0 saturated carbocycles. The number of rotatable bonds is 6. The number of benzene rings is 3. The number of alkyl halides is 1. The van der Waals surface area contributed by atoms with E-state index in [4.69, 9.17) is 16.0 Å². The predicted octanol–water partition coefficient (Wildman–Crippen LogP) is 6.67. The summed E-state index contributed by atoms with van der Waals surface area (Å²) in [4.78, 5) is 25.5. The van der Waals surface area contributed by atoms with Crippen molar-refractivity contribution in [1.82, 2.24) is 0 Å². The first kappa shape index (κ1) is 21.8. The standard InChI is InChI=1S/C27H24ClNO3/c1-16-13-21(18(3)29-23-12-8-7-11-20(23)24(30)15-28)27-22(14-16)25(31)17(2)26(32-27)19-9-5-4-6-10-19/h4-14,18,29H,15H2,1-3H3/t18-/m1/s1. The van der Waals surface area contributed by atoms with Crippen molar-refractivity contribution < 1.29 is 9.21 Å². The molecule has 32 heavy (non-hydrogen) atoms. The van der Waals surface area contributed by atoms with E-state index in [-0.39, 0.29) is 23.1 Å². The normalized spacial score (nSPS) is 12.0. The highest BCUT2D eigenvalue weighted by Gasteiger charge is 2.20. The summed E-state index contributed by atoms with van der Waals surface area (Å²) in [5.74, 6) is 0.331. The third kappa shape index (κ3) is 4.06. The SMILES string of the molecule is Cc1cc([C@@H](C)Nc2ccccc2C(=O)CCl)c2oc(-c3ccccc3)c(C)c(=O)c2c1. The van der Waals surface area contributed by atoms with Gasteiger partial charge in [0.25, 0.3) is 0 Å². The second kappa shape index (κ2) is 9.01. The van der Waals surface area contributed by atoms with E-state index in [9.17, 15) is 9.59 Å². The van der Waals surface area contributed by atoms with Gasteiger partial charge in [0, 0.05) is 27.9 Å². The third-order valence-electron chi connectivity index (χ3n) is 5.62. The first-order valence-electron chi connectivity index (χ1n) is 10.5. The number of carbonyl (C=O) groups is 1. The van der Waals surface area contributed by atoms with Crippen molar-refractivity contribution in [3.8, 4) is 11.3 Å². The molecule has 3 aromatic carbocycles. The number of halogens is 1. The Kier molecular flexibility index (Phi) is 6.15. The number of hydrogen-bond donors (Lipinski definition) is 1. The molecule has 5 heteroatoms. The van der Waals surface area contributed by atoms with Crippen molar-refractivity contribution in [3.63, 3.8) is 0 Å². The van der Waals surface area contributed by atoms with Crippen LogP contribution in [-0.4, -0.2) is 11.7 Å². The average Bonchev–Trinajstić information content (AvgIpc) is 2.81. The lowest BCUT2D eigenvalue weighted by molar-refractivity contribution is 0.102. The van der Waals surface area contributed by atoms with Gasteiger partial charge in [0.2, 0.25) is 0 Å². The number of Topliss-reactive ketones (excluding diaryl/α,β-unsaturated/α-hetero) is 1. The van der Waals surface area contributed by atoms with Crippen LogP contribution in [0.25, 0.3) is 22.3 Å². The Bertz CT molecular complexity index is 1360. The number of nitrogens with one attached hydrogen (secondary N) is 1. The quantitative estimate of drug-likeness (QED) is 0.266. The fraction of sp³-hybridized carbons (Fsp3) is 0.185. The molecule has 4 nitrogen and oxygen atoms in total. The minimum Gasteiger partial charge on any atom is -0.455 e. The highest BCUT2D eigenvalue weighted by Crippen LogP contribution is 2.32. The van der Waals surface area contributed by atoms with Crippen LogP contribution in [-0.2, 0) is 0 Å². The van der Waals surface area contributed by atoms with Crippen LogP contribution in [0.3, 0.4) is 0 Å². The molecule has 1 heterocycles. The summed E-state index contributed by atoms with van der Waals surface area (Å²) < 4.78 is 6.38. The molecule has 0 unspecified atom stereocenters. The van der Waals surface area contributed by atoms with Crippen LogP contribution in [0, 0.1) is 13.8 Å². The lowest BCUT2D eigenvalue weighted by Gasteiger charge is -2.20. The van der Waals surface area contributed by atoms with Gasteiger partial charge in [-0.05, 0) is 44.5 Å². The molecule has 0 aliphatic carbocycles. The lowest BCUT2D eigenvalue weighted by atomic mass is 9.98. The molecule has 0 radical (unpaired) electrons. The number of hydrogen-bond acceptors (Lipinski definition) is 4. The Hall–Kier alpha value is -3.37. The zero-order valence-electron chi connectivity index (χ0n) is 18.2. The monoisotopic (exact) mass is 445 g/mol. The molecule has 1 N–H and O–H groups in total. The minimum absolute atomic E-state index is 0.0417. The average molecular weight is 446 g/mol. The van der Waals surface area contributed by atoms with Crippen molar-refractivity contribution >= 4 is 34.0 Å². The number of aryl methyl sites for hydroxylation is 1. The van der Waals surface area contributed by atoms with Gasteiger partial charge in [0.05, 0.1) is 17.3 Å². The van der Waals surface area contributed by atoms with Gasteiger partial charge in [-0.25, -0.2) is 0 Å². The topological polar surface area (TPSA) is 59.3 Å². The summed E-state index contributed by atoms with van der Waals surface area (Å²) in [7, 11) is 0. The number of anilines is 1. The van der Waals surface area contributed by atoms with Gasteiger partial charge < -0.3 is 9.73 Å². The first-order valence-corrected chi connectivity index (χ1v) is 11.0. The van der Waals surface area contributed by atoms with Gasteiger partial charge in [0.1, 0.15) is 11.3 Å². The van der Waals surface area contributed by atoms with Crippen LogP contribution in [0.2, 0.25) is 0 Å². The number of para-hydroxylation sites is 1. The van der Waals surface area contributed by atoms with E-state index in [2.05, 4.69) is 5.32 Å². The van der Waals surface area contributed by atoms with Crippen molar-refractivity contribution in [1.29, 1.82) is 0 Å². The van der Waals surface area contributed by atoms with Gasteiger partial charge in [0.15, 0.2) is 11.2 Å². The van der Waals surface area contributed by atoms with E-state index < -0.39 is 0 Å². The maximum atomic E-state index is 13.3. The summed E-state index contributed by atoms with van der Waals surface area (Å²) in [6.45, 7) is 5.74. The maximum Gasteiger partial charge on any atom is 0.196 e. The van der Waals surface area contributed by atoms with E-state index in [1.165, 1.54) is 0 Å². The van der Waals surface area contributed by atoms with E-state index in [0.29, 0.717) is 33.5 Å². The fourth-order valence-electron chi connectivity index (χ4n) is 3.99. The molecule has 0 amide bonds. The molecule has 0 aliphatic heterocycles. The molecule has 4 aromatic rings. The van der Waals surface area contributed by atoms with Gasteiger partial charge in [-0.2, -0.15) is 0 Å². The van der Waals surface area contributed by atoms with Gasteiger partial charge in [-0.1, -0.05) is 48.5 Å². The van der Waals surface area contributed by atoms with Crippen molar-refractivity contribution in [2.24, 2.45) is 0 Å². The predicted molar refractivity (Wildman–Crippen MR) is 131 cm³/mol. The Morgan fingerprint density at radius 3 is 2.44 bits per heavy atom. The summed E-state index contributed by atoms with van der Waals surface area (Å²) in [6.07, 6.45) is 0. The van der Waals surface area contributed by atoms with Crippen molar-refractivity contribution in [3.05, 3.63) is 99.2 Å². The Morgan fingerprint density at radius 1 is 1.03 bits per heavy atom. The second-order valence-corrected chi connectivity index (χ2v) is 8.22. The second-order valence-electron chi connectivity index (χ2n) is 7.95. The van der Waals surface area contributed by atoms with Crippen LogP contribution >= 0.6 is 11.6 Å². The molecular weight excluding hydrogens is 422 g/mol. The lowest BCUT2D eigenvalue weighted by Crippen LogP contribution is -2.14. The molecule has 1 aromatic heterocycles. The Balaban J connectivity index is 1.87. The zero-order valence-corrected chi connectivity index (χ0v) is 19.0. The highest BCUT2D eigenvalue weighted by atomic mass is 35.5. The Labute approximate surface area is 191 Å². The third-order valence-corrected chi connectivity index (χ3v) is 5.86. The summed E-state index contributed by atoms with van der Waals surface area (Å²) in [6, 6.07) is 20.6. The maximum absolute atomic E-state index is 13.3. The van der Waals surface area contributed by atoms with Crippen LogP contribution in [0.5, 0.6) is 0 Å². The summed E-state index contributed by atoms with van der Waals surface area (Å²) in [5.41, 5.74) is 4.98. The number of carbonyl (C=O) groups excluding carboxylic acids is 1. The molecule has 0 bridgehead atoms. The van der Waals surface area contributed by atoms with Crippen LogP contribution < -0.4 is 10.7 Å². The molecule has 162 valence electrons. The molecular formula is C27H24ClNO3. The Morgan fingerprint density at radius 2 is 1.72 bits per heavy atom. The van der Waals surface area contributed by atoms with E-state index in [1.54, 1.807) is 13.0 Å². The number of ketones is 1. The molecule has 1 atom stereocenters. The minimum atomic E-state index is -0.226. The van der Waals surface area contributed by atoms with Crippen LogP contribution in [0.4, 0.5) is 5.69 Å². The van der Waals surface area contributed by atoms with Crippen molar-refractivity contribution in [2.45, 2.75) is 26.8 Å².